The maximum atomic E-state index is 13.4. The lowest BCUT2D eigenvalue weighted by molar-refractivity contribution is 0.549. The van der Waals surface area contributed by atoms with E-state index in [1.54, 1.807) is 12.1 Å². The van der Waals surface area contributed by atoms with Crippen LogP contribution in [0.25, 0.3) is 0 Å². The molecule has 0 atom stereocenters. The highest BCUT2D eigenvalue weighted by molar-refractivity contribution is 7.80. The van der Waals surface area contributed by atoms with E-state index in [9.17, 15) is 13.2 Å². The van der Waals surface area contributed by atoms with E-state index in [0.29, 0.717) is 17.8 Å². The van der Waals surface area contributed by atoms with E-state index in [1.165, 1.54) is 6.07 Å². The number of nitrogens with zero attached hydrogens (tertiary/aromatic N) is 1. The second-order valence-electron chi connectivity index (χ2n) is 3.64. The van der Waals surface area contributed by atoms with E-state index in [0.717, 1.165) is 0 Å². The molecule has 3 nitrogen and oxygen atoms in total. The number of nitrogens with one attached hydrogen (secondary N) is 1. The molecule has 7 heteroatoms. The van der Waals surface area contributed by atoms with Gasteiger partial charge >= 0.3 is 0 Å². The maximum absolute atomic E-state index is 13.4. The molecular formula is C12H8F3N3S. The molecule has 2 rings (SSSR count). The van der Waals surface area contributed by atoms with Crippen molar-refractivity contribution in [3.05, 3.63) is 53.5 Å². The Morgan fingerprint density at radius 1 is 1.16 bits per heavy atom. The van der Waals surface area contributed by atoms with Gasteiger partial charge in [0, 0.05) is 12.1 Å². The second-order valence-corrected chi connectivity index (χ2v) is 4.08. The Kier molecular flexibility index (Phi) is 3.66. The van der Waals surface area contributed by atoms with Crippen molar-refractivity contribution >= 4 is 28.7 Å². The largest absolute Gasteiger partial charge is 0.388 e. The van der Waals surface area contributed by atoms with Crippen LogP contribution in [0.1, 0.15) is 5.69 Å². The summed E-state index contributed by atoms with van der Waals surface area (Å²) in [5.41, 5.74) is 5.22. The van der Waals surface area contributed by atoms with Gasteiger partial charge in [0.2, 0.25) is 0 Å². The van der Waals surface area contributed by atoms with E-state index in [4.69, 9.17) is 18.0 Å². The minimum Gasteiger partial charge on any atom is -0.388 e. The smallest absolute Gasteiger partial charge is 0.152 e. The van der Waals surface area contributed by atoms with Crippen molar-refractivity contribution < 1.29 is 13.2 Å². The van der Waals surface area contributed by atoms with E-state index in [-0.39, 0.29) is 10.8 Å². The van der Waals surface area contributed by atoms with Gasteiger partial charge < -0.3 is 11.1 Å². The van der Waals surface area contributed by atoms with Crippen molar-refractivity contribution in [2.24, 2.45) is 5.73 Å². The standard InChI is InChI=1S/C12H8F3N3S/c13-6-4-7(14)11(8(15)5-6)18-10-3-1-2-9(17-10)12(16)19/h1-5H,(H2,16,19)(H,17,18). The number of thiocarbonyl (C=S) groups is 1. The van der Waals surface area contributed by atoms with Crippen LogP contribution >= 0.6 is 12.2 Å². The SMILES string of the molecule is NC(=S)c1cccc(Nc2c(F)cc(F)cc2F)n1. The summed E-state index contributed by atoms with van der Waals surface area (Å²) in [7, 11) is 0. The first-order chi connectivity index (χ1) is 8.97. The Morgan fingerprint density at radius 2 is 1.79 bits per heavy atom. The molecule has 0 aliphatic carbocycles. The normalized spacial score (nSPS) is 10.3. The molecule has 0 saturated heterocycles. The Balaban J connectivity index is 2.36. The third-order valence-corrected chi connectivity index (χ3v) is 2.47. The summed E-state index contributed by atoms with van der Waals surface area (Å²) in [5.74, 6) is -2.96. The topological polar surface area (TPSA) is 50.9 Å². The molecule has 0 aliphatic rings. The van der Waals surface area contributed by atoms with Gasteiger partial charge in [0.15, 0.2) is 11.6 Å². The third kappa shape index (κ3) is 3.00. The van der Waals surface area contributed by atoms with Crippen LogP contribution in [-0.4, -0.2) is 9.97 Å². The fourth-order valence-corrected chi connectivity index (χ4v) is 1.54. The highest BCUT2D eigenvalue weighted by Crippen LogP contribution is 2.23. The van der Waals surface area contributed by atoms with Crippen LogP contribution < -0.4 is 11.1 Å². The monoisotopic (exact) mass is 283 g/mol. The van der Waals surface area contributed by atoms with Crippen LogP contribution in [-0.2, 0) is 0 Å². The van der Waals surface area contributed by atoms with Gasteiger partial charge in [-0.2, -0.15) is 0 Å². The van der Waals surface area contributed by atoms with Crippen molar-refractivity contribution in [2.75, 3.05) is 5.32 Å². The second kappa shape index (κ2) is 5.23. The van der Waals surface area contributed by atoms with Crippen molar-refractivity contribution in [2.45, 2.75) is 0 Å². The van der Waals surface area contributed by atoms with E-state index in [2.05, 4.69) is 10.3 Å². The van der Waals surface area contributed by atoms with Gasteiger partial charge in [-0.25, -0.2) is 18.2 Å². The summed E-state index contributed by atoms with van der Waals surface area (Å²) in [6, 6.07) is 5.75. The van der Waals surface area contributed by atoms with Gasteiger partial charge in [-0.15, -0.1) is 0 Å². The quantitative estimate of drug-likeness (QED) is 0.850. The molecule has 1 aromatic heterocycles. The highest BCUT2D eigenvalue weighted by Gasteiger charge is 2.12. The van der Waals surface area contributed by atoms with Crippen molar-refractivity contribution in [3.8, 4) is 0 Å². The van der Waals surface area contributed by atoms with Crippen molar-refractivity contribution in [1.29, 1.82) is 0 Å². The Hall–Kier alpha value is -2.15. The fraction of sp³-hybridized carbons (Fsp3) is 0. The molecule has 1 heterocycles. The predicted molar refractivity (Wildman–Crippen MR) is 69.7 cm³/mol. The molecule has 0 unspecified atom stereocenters. The zero-order chi connectivity index (χ0) is 14.0. The van der Waals surface area contributed by atoms with E-state index in [1.807, 2.05) is 0 Å². The summed E-state index contributed by atoms with van der Waals surface area (Å²) >= 11 is 4.74. The number of hydrogen-bond acceptors (Lipinski definition) is 3. The average molecular weight is 283 g/mol. The summed E-state index contributed by atoms with van der Waals surface area (Å²) in [4.78, 5) is 4.03. The zero-order valence-corrected chi connectivity index (χ0v) is 10.3. The van der Waals surface area contributed by atoms with Gasteiger partial charge in [0.25, 0.3) is 0 Å². The van der Waals surface area contributed by atoms with Crippen molar-refractivity contribution in [1.82, 2.24) is 4.98 Å². The molecule has 19 heavy (non-hydrogen) atoms. The molecule has 98 valence electrons. The van der Waals surface area contributed by atoms with E-state index >= 15 is 0 Å². The third-order valence-electron chi connectivity index (χ3n) is 2.26. The number of nitrogens with two attached hydrogens (primary N) is 1. The van der Waals surface area contributed by atoms with Crippen molar-refractivity contribution in [3.63, 3.8) is 0 Å². The van der Waals surface area contributed by atoms with Crippen LogP contribution in [0.5, 0.6) is 0 Å². The first-order valence-electron chi connectivity index (χ1n) is 5.16. The predicted octanol–water partition coefficient (Wildman–Crippen LogP) is 2.88. The Labute approximate surface area is 112 Å². The van der Waals surface area contributed by atoms with Gasteiger partial charge in [-0.1, -0.05) is 18.3 Å². The van der Waals surface area contributed by atoms with Gasteiger partial charge in [-0.05, 0) is 12.1 Å². The molecule has 0 amide bonds. The van der Waals surface area contributed by atoms with Crippen LogP contribution in [0.4, 0.5) is 24.7 Å². The zero-order valence-electron chi connectivity index (χ0n) is 9.45. The number of benzene rings is 1. The summed E-state index contributed by atoms with van der Waals surface area (Å²) < 4.78 is 39.6. The summed E-state index contributed by atoms with van der Waals surface area (Å²) in [6.45, 7) is 0. The molecule has 0 spiro atoms. The molecule has 0 radical (unpaired) electrons. The molecule has 0 fully saturated rings. The van der Waals surface area contributed by atoms with E-state index < -0.39 is 23.1 Å². The minimum absolute atomic E-state index is 0.0590. The number of pyridine rings is 1. The lowest BCUT2D eigenvalue weighted by Crippen LogP contribution is -2.12. The van der Waals surface area contributed by atoms with Crippen LogP contribution in [0.2, 0.25) is 0 Å². The van der Waals surface area contributed by atoms with Gasteiger partial charge in [-0.3, -0.25) is 0 Å². The Morgan fingerprint density at radius 3 is 2.37 bits per heavy atom. The first-order valence-corrected chi connectivity index (χ1v) is 5.56. The summed E-state index contributed by atoms with van der Waals surface area (Å²) in [5, 5.41) is 2.42. The Bertz CT molecular complexity index is 623. The van der Waals surface area contributed by atoms with Gasteiger partial charge in [0.1, 0.15) is 22.3 Å². The number of halogens is 3. The first kappa shape index (κ1) is 13.3. The number of aromatic nitrogens is 1. The molecule has 0 aliphatic heterocycles. The van der Waals surface area contributed by atoms with Crippen LogP contribution in [0, 0.1) is 17.5 Å². The molecule has 0 saturated carbocycles. The number of rotatable bonds is 3. The number of hydrogen-bond donors (Lipinski definition) is 2. The summed E-state index contributed by atoms with van der Waals surface area (Å²) in [6.07, 6.45) is 0. The lowest BCUT2D eigenvalue weighted by Gasteiger charge is -2.09. The minimum atomic E-state index is -1.06. The average Bonchev–Trinajstić information content (AvgIpc) is 2.34. The molecular weight excluding hydrogens is 275 g/mol. The lowest BCUT2D eigenvalue weighted by atomic mass is 10.2. The fourth-order valence-electron chi connectivity index (χ4n) is 1.43. The van der Waals surface area contributed by atoms with Gasteiger partial charge in [0.05, 0.1) is 5.69 Å². The maximum Gasteiger partial charge on any atom is 0.152 e. The molecule has 2 aromatic rings. The van der Waals surface area contributed by atoms with Crippen LogP contribution in [0.3, 0.4) is 0 Å². The highest BCUT2D eigenvalue weighted by atomic mass is 32.1. The van der Waals surface area contributed by atoms with Crippen LogP contribution in [0.15, 0.2) is 30.3 Å². The molecule has 3 N–H and O–H groups in total. The number of anilines is 2. The molecule has 1 aromatic carbocycles. The molecule has 0 bridgehead atoms.